The maximum absolute atomic E-state index is 12.2. The summed E-state index contributed by atoms with van der Waals surface area (Å²) >= 11 is 7.05. The molecule has 0 amide bonds. The Kier molecular flexibility index (Phi) is 5.22. The molecule has 0 saturated heterocycles. The Morgan fingerprint density at radius 3 is 2.28 bits per heavy atom. The number of aromatic nitrogens is 2. The molecule has 0 spiro atoms. The van der Waals surface area contributed by atoms with Gasteiger partial charge in [0.1, 0.15) is 10.0 Å². The van der Waals surface area contributed by atoms with Gasteiger partial charge in [0.25, 0.3) is 10.0 Å². The lowest BCUT2D eigenvalue weighted by Crippen LogP contribution is -2.13. The molecule has 0 atom stereocenters. The Balaban J connectivity index is 1.63. The summed E-state index contributed by atoms with van der Waals surface area (Å²) in [4.78, 5) is 0.924. The molecule has 3 aromatic rings. The van der Waals surface area contributed by atoms with E-state index in [4.69, 9.17) is 11.6 Å². The molecule has 0 aliphatic rings. The first-order valence-electron chi connectivity index (χ1n) is 7.34. The van der Waals surface area contributed by atoms with Crippen LogP contribution in [0.15, 0.2) is 52.7 Å². The first kappa shape index (κ1) is 17.7. The number of hydrogen-bond donors (Lipinski definition) is 2. The van der Waals surface area contributed by atoms with Gasteiger partial charge >= 0.3 is 0 Å². The number of sulfonamides is 1. The van der Waals surface area contributed by atoms with Crippen molar-refractivity contribution >= 4 is 44.6 Å². The molecule has 0 aliphatic heterocycles. The quantitative estimate of drug-likeness (QED) is 0.662. The first-order chi connectivity index (χ1) is 11.9. The van der Waals surface area contributed by atoms with Gasteiger partial charge in [-0.1, -0.05) is 23.7 Å². The van der Waals surface area contributed by atoms with Crippen LogP contribution in [0, 0.1) is 6.92 Å². The summed E-state index contributed by atoms with van der Waals surface area (Å²) < 4.78 is 27.2. The fourth-order valence-corrected chi connectivity index (χ4v) is 4.43. The normalized spacial score (nSPS) is 11.3. The number of rotatable bonds is 6. The third-order valence-corrected chi connectivity index (χ3v) is 6.37. The van der Waals surface area contributed by atoms with E-state index < -0.39 is 10.0 Å². The van der Waals surface area contributed by atoms with Gasteiger partial charge in [-0.15, -0.1) is 21.5 Å². The molecule has 25 heavy (non-hydrogen) atoms. The molecule has 0 fully saturated rings. The lowest BCUT2D eigenvalue weighted by atomic mass is 10.2. The molecule has 0 bridgehead atoms. The molecule has 0 radical (unpaired) electrons. The molecule has 0 unspecified atom stereocenters. The Labute approximate surface area is 154 Å². The monoisotopic (exact) mass is 394 g/mol. The van der Waals surface area contributed by atoms with Gasteiger partial charge < -0.3 is 5.32 Å². The molecule has 3 rings (SSSR count). The number of benzene rings is 1. The fourth-order valence-electron chi connectivity index (χ4n) is 2.02. The third-order valence-electron chi connectivity index (χ3n) is 3.27. The van der Waals surface area contributed by atoms with E-state index in [0.717, 1.165) is 10.4 Å². The molecule has 0 aliphatic carbocycles. The van der Waals surface area contributed by atoms with E-state index in [9.17, 15) is 8.42 Å². The Morgan fingerprint density at radius 2 is 1.68 bits per heavy atom. The van der Waals surface area contributed by atoms with Gasteiger partial charge in [0.05, 0.1) is 0 Å². The van der Waals surface area contributed by atoms with Crippen LogP contribution < -0.4 is 10.0 Å². The summed E-state index contributed by atoms with van der Waals surface area (Å²) in [5, 5.41) is 11.7. The Hall–Kier alpha value is -2.16. The largest absolute Gasteiger partial charge is 0.365 e. The molecule has 1 aromatic carbocycles. The van der Waals surface area contributed by atoms with Gasteiger partial charge in [-0.05, 0) is 48.9 Å². The number of hydrogen-bond acceptors (Lipinski definition) is 6. The molecular weight excluding hydrogens is 380 g/mol. The van der Waals surface area contributed by atoms with Crippen molar-refractivity contribution in [2.75, 3.05) is 10.0 Å². The smallest absolute Gasteiger partial charge is 0.272 e. The second kappa shape index (κ2) is 7.38. The van der Waals surface area contributed by atoms with Crippen molar-refractivity contribution in [2.45, 2.75) is 17.7 Å². The molecule has 2 N–H and O–H groups in total. The van der Waals surface area contributed by atoms with Crippen LogP contribution in [0.1, 0.15) is 10.4 Å². The molecule has 9 heteroatoms. The summed E-state index contributed by atoms with van der Waals surface area (Å²) in [6, 6.07) is 14.0. The van der Waals surface area contributed by atoms with Gasteiger partial charge in [0.2, 0.25) is 0 Å². The minimum atomic E-state index is -3.63. The lowest BCUT2D eigenvalue weighted by Gasteiger charge is -2.07. The summed E-state index contributed by atoms with van der Waals surface area (Å²) in [5.41, 5.74) is 1.05. The molecule has 130 valence electrons. The van der Waals surface area contributed by atoms with E-state index in [0.29, 0.717) is 17.4 Å². The van der Waals surface area contributed by atoms with E-state index in [-0.39, 0.29) is 10.0 Å². The van der Waals surface area contributed by atoms with E-state index >= 15 is 0 Å². The minimum absolute atomic E-state index is 0.170. The van der Waals surface area contributed by atoms with Crippen LogP contribution in [0.5, 0.6) is 0 Å². The predicted molar refractivity (Wildman–Crippen MR) is 101 cm³/mol. The zero-order valence-electron chi connectivity index (χ0n) is 13.2. The van der Waals surface area contributed by atoms with Crippen molar-refractivity contribution < 1.29 is 8.42 Å². The van der Waals surface area contributed by atoms with Crippen LogP contribution >= 0.6 is 22.9 Å². The Morgan fingerprint density at radius 1 is 1.00 bits per heavy atom. The van der Waals surface area contributed by atoms with E-state index in [2.05, 4.69) is 20.2 Å². The van der Waals surface area contributed by atoms with Gasteiger partial charge in [-0.2, -0.15) is 0 Å². The molecule has 2 aromatic heterocycles. The highest BCUT2D eigenvalue weighted by molar-refractivity contribution is 7.94. The van der Waals surface area contributed by atoms with Crippen molar-refractivity contribution in [1.82, 2.24) is 10.2 Å². The Bertz CT molecular complexity index is 955. The summed E-state index contributed by atoms with van der Waals surface area (Å²) in [5.74, 6) is 0.716. The van der Waals surface area contributed by atoms with Gasteiger partial charge in [-0.3, -0.25) is 4.72 Å². The maximum Gasteiger partial charge on any atom is 0.272 e. The maximum atomic E-state index is 12.2. The van der Waals surface area contributed by atoms with Gasteiger partial charge in [0.15, 0.2) is 5.82 Å². The SMILES string of the molecule is Cc1ccc(S(=O)(=O)Nc2ccc(NCc3ccc(Cl)cc3)nn2)s1. The lowest BCUT2D eigenvalue weighted by molar-refractivity contribution is 0.603. The summed E-state index contributed by atoms with van der Waals surface area (Å²) in [6.45, 7) is 2.41. The third kappa shape index (κ3) is 4.68. The van der Waals surface area contributed by atoms with E-state index in [1.165, 1.54) is 11.3 Å². The van der Waals surface area contributed by atoms with E-state index in [1.807, 2.05) is 31.2 Å². The molecular formula is C16H15ClN4O2S2. The predicted octanol–water partition coefficient (Wildman–Crippen LogP) is 3.91. The van der Waals surface area contributed by atoms with Crippen molar-refractivity contribution in [1.29, 1.82) is 0 Å². The average molecular weight is 395 g/mol. The van der Waals surface area contributed by atoms with Crippen molar-refractivity contribution in [2.24, 2.45) is 0 Å². The minimum Gasteiger partial charge on any atom is -0.365 e. The van der Waals surface area contributed by atoms with Crippen molar-refractivity contribution in [3.05, 3.63) is 64.0 Å². The highest BCUT2D eigenvalue weighted by atomic mass is 35.5. The fraction of sp³-hybridized carbons (Fsp3) is 0.125. The summed E-state index contributed by atoms with van der Waals surface area (Å²) in [6.07, 6.45) is 0. The highest BCUT2D eigenvalue weighted by Crippen LogP contribution is 2.22. The second-order valence-corrected chi connectivity index (χ2v) is 8.89. The van der Waals surface area contributed by atoms with E-state index in [1.54, 1.807) is 24.3 Å². The summed E-state index contributed by atoms with van der Waals surface area (Å²) in [7, 11) is -3.63. The van der Waals surface area contributed by atoms with Crippen molar-refractivity contribution in [3.8, 4) is 0 Å². The topological polar surface area (TPSA) is 84.0 Å². The molecule has 2 heterocycles. The number of thiophene rings is 1. The molecule has 0 saturated carbocycles. The highest BCUT2D eigenvalue weighted by Gasteiger charge is 2.17. The zero-order valence-corrected chi connectivity index (χ0v) is 15.6. The number of nitrogens with one attached hydrogen (secondary N) is 2. The van der Waals surface area contributed by atoms with Gasteiger partial charge in [0, 0.05) is 16.4 Å². The number of nitrogens with zero attached hydrogens (tertiary/aromatic N) is 2. The van der Waals surface area contributed by atoms with Crippen LogP contribution in [0.3, 0.4) is 0 Å². The molecule has 6 nitrogen and oxygen atoms in total. The average Bonchev–Trinajstić information content (AvgIpc) is 3.03. The van der Waals surface area contributed by atoms with Crippen LogP contribution in [-0.4, -0.2) is 18.6 Å². The van der Waals surface area contributed by atoms with Crippen molar-refractivity contribution in [3.63, 3.8) is 0 Å². The van der Waals surface area contributed by atoms with Crippen LogP contribution in [-0.2, 0) is 16.6 Å². The van der Waals surface area contributed by atoms with Crippen LogP contribution in [0.4, 0.5) is 11.6 Å². The van der Waals surface area contributed by atoms with Gasteiger partial charge in [-0.25, -0.2) is 8.42 Å². The number of aryl methyl sites for hydroxylation is 1. The van der Waals surface area contributed by atoms with Crippen LogP contribution in [0.2, 0.25) is 5.02 Å². The number of halogens is 1. The number of anilines is 2. The zero-order chi connectivity index (χ0) is 17.9. The van der Waals surface area contributed by atoms with Crippen LogP contribution in [0.25, 0.3) is 0 Å². The first-order valence-corrected chi connectivity index (χ1v) is 10.0. The standard InChI is InChI=1S/C16H15ClN4O2S2/c1-11-2-9-16(24-11)25(22,23)21-15-8-7-14(19-20-15)18-10-12-3-5-13(17)6-4-12/h2-9H,10H2,1H3,(H,18,19)(H,20,21). The second-order valence-electron chi connectivity index (χ2n) is 5.25.